The van der Waals surface area contributed by atoms with Crippen LogP contribution in [0.25, 0.3) is 0 Å². The van der Waals surface area contributed by atoms with Gasteiger partial charge in [-0.15, -0.1) is 0 Å². The molecule has 7 nitrogen and oxygen atoms in total. The van der Waals surface area contributed by atoms with E-state index < -0.39 is 16.1 Å². The Balaban J connectivity index is 1.63. The highest BCUT2D eigenvalue weighted by Gasteiger charge is 2.39. The molecule has 0 saturated carbocycles. The number of amides is 1. The maximum absolute atomic E-state index is 13.6. The number of carbonyl (C=O) groups is 1. The first-order valence-corrected chi connectivity index (χ1v) is 12.7. The van der Waals surface area contributed by atoms with E-state index in [0.717, 1.165) is 11.1 Å². The summed E-state index contributed by atoms with van der Waals surface area (Å²) in [6, 6.07) is 20.0. The Morgan fingerprint density at radius 2 is 1.44 bits per heavy atom. The number of ether oxygens (including phenoxy) is 2. The van der Waals surface area contributed by atoms with Gasteiger partial charge in [-0.05, 0) is 79.9 Å². The van der Waals surface area contributed by atoms with E-state index in [1.165, 1.54) is 16.4 Å². The fraction of sp³-hybridized carbons (Fsp3) is 0.269. The fourth-order valence-corrected chi connectivity index (χ4v) is 5.58. The van der Waals surface area contributed by atoms with Crippen molar-refractivity contribution in [2.24, 2.45) is 0 Å². The van der Waals surface area contributed by atoms with Gasteiger partial charge in [0.25, 0.3) is 0 Å². The molecule has 0 aliphatic carbocycles. The Labute approximate surface area is 200 Å². The van der Waals surface area contributed by atoms with Crippen molar-refractivity contribution in [3.63, 3.8) is 0 Å². The number of anilines is 1. The lowest BCUT2D eigenvalue weighted by atomic mass is 9.95. The van der Waals surface area contributed by atoms with E-state index in [-0.39, 0.29) is 23.8 Å². The maximum atomic E-state index is 13.6. The van der Waals surface area contributed by atoms with Gasteiger partial charge in [0, 0.05) is 12.2 Å². The van der Waals surface area contributed by atoms with Crippen LogP contribution in [0.5, 0.6) is 11.5 Å². The second-order valence-electron chi connectivity index (χ2n) is 7.89. The number of nitrogens with zero attached hydrogens (tertiary/aromatic N) is 1. The van der Waals surface area contributed by atoms with E-state index in [4.69, 9.17) is 9.47 Å². The molecule has 4 rings (SSSR count). The molecule has 0 saturated heterocycles. The van der Waals surface area contributed by atoms with Crippen LogP contribution < -0.4 is 14.8 Å². The van der Waals surface area contributed by atoms with Crippen LogP contribution in [0.4, 0.5) is 5.69 Å². The number of fused-ring (bicyclic) bond motifs is 1. The van der Waals surface area contributed by atoms with Crippen LogP contribution in [0.3, 0.4) is 0 Å². The molecule has 1 aliphatic rings. The molecule has 1 amide bonds. The summed E-state index contributed by atoms with van der Waals surface area (Å²) in [5.41, 5.74) is 2.43. The minimum absolute atomic E-state index is 0.118. The molecule has 178 valence electrons. The largest absolute Gasteiger partial charge is 0.494 e. The summed E-state index contributed by atoms with van der Waals surface area (Å²) >= 11 is 0. The van der Waals surface area contributed by atoms with Gasteiger partial charge >= 0.3 is 0 Å². The standard InChI is InChI=1S/C26H28N2O5S/c1-3-32-22-11-9-21(10-12-22)27-26(29)25-17-19-7-5-6-8-20(19)18-28(25)34(30,31)24-15-13-23(14-16-24)33-4-2/h5-16,25H,3-4,17-18H2,1-2H3,(H,27,29)/t25-/m0/s1. The van der Waals surface area contributed by atoms with Gasteiger partial charge < -0.3 is 14.8 Å². The number of nitrogens with one attached hydrogen (secondary N) is 1. The highest BCUT2D eigenvalue weighted by molar-refractivity contribution is 7.89. The number of hydrogen-bond donors (Lipinski definition) is 1. The topological polar surface area (TPSA) is 84.9 Å². The Kier molecular flexibility index (Phi) is 7.19. The molecule has 3 aromatic carbocycles. The first kappa shape index (κ1) is 23.8. The second kappa shape index (κ2) is 10.3. The van der Waals surface area contributed by atoms with Crippen molar-refractivity contribution >= 4 is 21.6 Å². The van der Waals surface area contributed by atoms with E-state index >= 15 is 0 Å². The molecule has 0 aromatic heterocycles. The minimum Gasteiger partial charge on any atom is -0.494 e. The summed E-state index contributed by atoms with van der Waals surface area (Å²) in [5, 5.41) is 2.87. The summed E-state index contributed by atoms with van der Waals surface area (Å²) < 4.78 is 39.4. The third-order valence-corrected chi connectivity index (χ3v) is 7.55. The van der Waals surface area contributed by atoms with Gasteiger partial charge in [-0.1, -0.05) is 24.3 Å². The zero-order chi connectivity index (χ0) is 24.1. The zero-order valence-electron chi connectivity index (χ0n) is 19.2. The van der Waals surface area contributed by atoms with Crippen molar-refractivity contribution in [2.75, 3.05) is 18.5 Å². The van der Waals surface area contributed by atoms with Crippen LogP contribution >= 0.6 is 0 Å². The lowest BCUT2D eigenvalue weighted by Gasteiger charge is -2.35. The van der Waals surface area contributed by atoms with Crippen LogP contribution in [-0.2, 0) is 27.8 Å². The van der Waals surface area contributed by atoms with Crippen LogP contribution in [0.2, 0.25) is 0 Å². The van der Waals surface area contributed by atoms with Crippen molar-refractivity contribution < 1.29 is 22.7 Å². The van der Waals surface area contributed by atoms with Crippen LogP contribution in [0, 0.1) is 0 Å². The Morgan fingerprint density at radius 1 is 0.882 bits per heavy atom. The molecule has 1 N–H and O–H groups in total. The molecule has 0 bridgehead atoms. The number of benzene rings is 3. The molecule has 0 fully saturated rings. The molecule has 0 spiro atoms. The average Bonchev–Trinajstić information content (AvgIpc) is 2.85. The summed E-state index contributed by atoms with van der Waals surface area (Å²) in [4.78, 5) is 13.5. The molecular formula is C26H28N2O5S. The number of carbonyl (C=O) groups excluding carboxylic acids is 1. The number of sulfonamides is 1. The molecule has 0 radical (unpaired) electrons. The van der Waals surface area contributed by atoms with Gasteiger partial charge in [-0.2, -0.15) is 4.31 Å². The molecule has 0 unspecified atom stereocenters. The molecular weight excluding hydrogens is 452 g/mol. The first-order valence-electron chi connectivity index (χ1n) is 11.3. The van der Waals surface area contributed by atoms with Gasteiger partial charge in [0.2, 0.25) is 15.9 Å². The van der Waals surface area contributed by atoms with Crippen molar-refractivity contribution in [2.45, 2.75) is 37.8 Å². The lowest BCUT2D eigenvalue weighted by Crippen LogP contribution is -2.50. The average molecular weight is 481 g/mol. The van der Waals surface area contributed by atoms with E-state index in [0.29, 0.717) is 30.4 Å². The highest BCUT2D eigenvalue weighted by atomic mass is 32.2. The maximum Gasteiger partial charge on any atom is 0.244 e. The van der Waals surface area contributed by atoms with E-state index in [2.05, 4.69) is 5.32 Å². The molecule has 1 aliphatic heterocycles. The molecule has 1 heterocycles. The minimum atomic E-state index is -3.94. The number of rotatable bonds is 8. The van der Waals surface area contributed by atoms with Crippen LogP contribution in [0.15, 0.2) is 77.7 Å². The lowest BCUT2D eigenvalue weighted by molar-refractivity contribution is -0.120. The summed E-state index contributed by atoms with van der Waals surface area (Å²) in [5.74, 6) is 0.912. The molecule has 34 heavy (non-hydrogen) atoms. The van der Waals surface area contributed by atoms with E-state index in [1.807, 2.05) is 38.1 Å². The normalized spacial score (nSPS) is 15.9. The third-order valence-electron chi connectivity index (χ3n) is 5.68. The van der Waals surface area contributed by atoms with Crippen molar-refractivity contribution in [1.82, 2.24) is 4.31 Å². The highest BCUT2D eigenvalue weighted by Crippen LogP contribution is 2.30. The molecule has 1 atom stereocenters. The quantitative estimate of drug-likeness (QED) is 0.521. The van der Waals surface area contributed by atoms with Crippen molar-refractivity contribution in [1.29, 1.82) is 0 Å². The monoisotopic (exact) mass is 480 g/mol. The Hall–Kier alpha value is -3.36. The SMILES string of the molecule is CCOc1ccc(NC(=O)[C@@H]2Cc3ccccc3CN2S(=O)(=O)c2ccc(OCC)cc2)cc1. The number of hydrogen-bond acceptors (Lipinski definition) is 5. The van der Waals surface area contributed by atoms with Gasteiger partial charge in [-0.25, -0.2) is 8.42 Å². The molecule has 8 heteroatoms. The summed E-state index contributed by atoms with van der Waals surface area (Å²) in [6.07, 6.45) is 0.287. The Morgan fingerprint density at radius 3 is 2.03 bits per heavy atom. The van der Waals surface area contributed by atoms with Crippen molar-refractivity contribution in [3.05, 3.63) is 83.9 Å². The predicted molar refractivity (Wildman–Crippen MR) is 131 cm³/mol. The van der Waals surface area contributed by atoms with Gasteiger partial charge in [-0.3, -0.25) is 4.79 Å². The van der Waals surface area contributed by atoms with Gasteiger partial charge in [0.15, 0.2) is 0 Å². The van der Waals surface area contributed by atoms with Crippen LogP contribution in [-0.4, -0.2) is 37.9 Å². The molecule has 3 aromatic rings. The summed E-state index contributed by atoms with van der Waals surface area (Å²) in [7, 11) is -3.94. The van der Waals surface area contributed by atoms with E-state index in [1.54, 1.807) is 36.4 Å². The van der Waals surface area contributed by atoms with E-state index in [9.17, 15) is 13.2 Å². The second-order valence-corrected chi connectivity index (χ2v) is 9.78. The fourth-order valence-electron chi connectivity index (χ4n) is 4.01. The van der Waals surface area contributed by atoms with Crippen molar-refractivity contribution in [3.8, 4) is 11.5 Å². The van der Waals surface area contributed by atoms with Gasteiger partial charge in [0.05, 0.1) is 18.1 Å². The summed E-state index contributed by atoms with van der Waals surface area (Å²) in [6.45, 7) is 4.92. The first-order chi connectivity index (χ1) is 16.4. The zero-order valence-corrected chi connectivity index (χ0v) is 20.0. The predicted octanol–water partition coefficient (Wildman–Crippen LogP) is 4.24. The Bertz CT molecular complexity index is 1240. The van der Waals surface area contributed by atoms with Crippen LogP contribution in [0.1, 0.15) is 25.0 Å². The smallest absolute Gasteiger partial charge is 0.244 e. The third kappa shape index (κ3) is 5.08. The van der Waals surface area contributed by atoms with Gasteiger partial charge in [0.1, 0.15) is 17.5 Å².